The summed E-state index contributed by atoms with van der Waals surface area (Å²) in [4.78, 5) is 13.6. The predicted octanol–water partition coefficient (Wildman–Crippen LogP) is 9.75. The molecule has 0 unspecified atom stereocenters. The Morgan fingerprint density at radius 3 is 1.74 bits per heavy atom. The fourth-order valence-electron chi connectivity index (χ4n) is 5.32. The Morgan fingerprint density at radius 2 is 1.11 bits per heavy atom. The van der Waals surface area contributed by atoms with E-state index < -0.39 is 0 Å². The highest BCUT2D eigenvalue weighted by Gasteiger charge is 2.12. The van der Waals surface area contributed by atoms with Gasteiger partial charge in [-0.1, -0.05) is 58.2 Å². The topological polar surface area (TPSA) is 17.1 Å². The van der Waals surface area contributed by atoms with Gasteiger partial charge >= 0.3 is 0 Å². The summed E-state index contributed by atoms with van der Waals surface area (Å²) < 4.78 is 2.18. The number of hydrogen-bond donors (Lipinski definition) is 0. The van der Waals surface area contributed by atoms with Crippen LogP contribution in [0.15, 0.2) is 59.4 Å². The zero-order valence-corrected chi connectivity index (χ0v) is 22.2. The predicted molar refractivity (Wildman–Crippen MR) is 156 cm³/mol. The largest absolute Gasteiger partial charge is 0.289 e. The average Bonchev–Trinajstić information content (AvgIpc) is 2.88. The van der Waals surface area contributed by atoms with Crippen LogP contribution in [0, 0.1) is 0 Å². The quantitative estimate of drug-likeness (QED) is 0.192. The van der Waals surface area contributed by atoms with E-state index in [1.807, 2.05) is 0 Å². The van der Waals surface area contributed by atoms with Gasteiger partial charge in [0.25, 0.3) is 0 Å². The summed E-state index contributed by atoms with van der Waals surface area (Å²) in [7, 11) is 0. The smallest absolute Gasteiger partial charge is 0.195 e. The van der Waals surface area contributed by atoms with Crippen LogP contribution < -0.4 is 5.43 Å². The van der Waals surface area contributed by atoms with E-state index in [1.54, 1.807) is 11.3 Å². The van der Waals surface area contributed by atoms with Crippen LogP contribution in [-0.2, 0) is 19.3 Å². The van der Waals surface area contributed by atoms with Crippen molar-refractivity contribution in [1.29, 1.82) is 0 Å². The molecule has 180 valence electrons. The van der Waals surface area contributed by atoms with E-state index in [0.717, 1.165) is 45.9 Å². The lowest BCUT2D eigenvalue weighted by Gasteiger charge is -2.14. The third-order valence-electron chi connectivity index (χ3n) is 7.42. The van der Waals surface area contributed by atoms with Gasteiger partial charge in [0.15, 0.2) is 5.43 Å². The first-order chi connectivity index (χ1) is 17.1. The van der Waals surface area contributed by atoms with Crippen LogP contribution in [0.1, 0.15) is 76.0 Å². The summed E-state index contributed by atoms with van der Waals surface area (Å²) in [5, 5.41) is 6.93. The van der Waals surface area contributed by atoms with Crippen molar-refractivity contribution < 1.29 is 0 Å². The van der Waals surface area contributed by atoms with E-state index in [2.05, 4.69) is 75.4 Å². The number of benzene rings is 4. The van der Waals surface area contributed by atoms with Gasteiger partial charge in [-0.2, -0.15) is 0 Å². The van der Waals surface area contributed by atoms with Gasteiger partial charge in [-0.3, -0.25) is 4.79 Å². The molecule has 5 aromatic rings. The molecule has 0 atom stereocenters. The lowest BCUT2D eigenvalue weighted by atomic mass is 9.91. The maximum atomic E-state index is 13.6. The molecule has 0 spiro atoms. The van der Waals surface area contributed by atoms with Crippen molar-refractivity contribution in [1.82, 2.24) is 0 Å². The molecule has 0 aliphatic carbocycles. The second-order valence-electron chi connectivity index (χ2n) is 10.0. The van der Waals surface area contributed by atoms with Crippen LogP contribution in [0.3, 0.4) is 0 Å². The summed E-state index contributed by atoms with van der Waals surface area (Å²) in [6.07, 6.45) is 10.4. The molecule has 5 rings (SSSR count). The first-order valence-corrected chi connectivity index (χ1v) is 14.3. The summed E-state index contributed by atoms with van der Waals surface area (Å²) >= 11 is 1.75. The van der Waals surface area contributed by atoms with Crippen molar-refractivity contribution in [2.45, 2.75) is 78.6 Å². The van der Waals surface area contributed by atoms with Crippen LogP contribution in [0.2, 0.25) is 0 Å². The molecule has 0 amide bonds. The molecule has 0 bridgehead atoms. The molecule has 1 aromatic heterocycles. The van der Waals surface area contributed by atoms with Gasteiger partial charge in [-0.25, -0.2) is 0 Å². The molecule has 0 aliphatic heterocycles. The molecule has 0 saturated carbocycles. The van der Waals surface area contributed by atoms with E-state index in [4.69, 9.17) is 0 Å². The minimum atomic E-state index is 0.178. The highest BCUT2D eigenvalue weighted by atomic mass is 32.1. The van der Waals surface area contributed by atoms with Gasteiger partial charge in [-0.15, -0.1) is 11.3 Å². The van der Waals surface area contributed by atoms with Crippen molar-refractivity contribution in [3.8, 4) is 0 Å². The standard InChI is InChI=1S/C33H36OS/c1-4-7-10-22-13-16-31-29(17-22)33(34)30-20-25-18-27-23(11-8-5-2)14-15-24(12-9-6-3)28(27)19-26(25)21-32(30)35-31/h13-21H,4-12H2,1-3H3. The fraction of sp³-hybridized carbons (Fsp3) is 0.364. The van der Waals surface area contributed by atoms with Crippen molar-refractivity contribution in [3.05, 3.63) is 81.5 Å². The Hall–Kier alpha value is -2.71. The average molecular weight is 481 g/mol. The number of hydrogen-bond acceptors (Lipinski definition) is 2. The molecule has 0 saturated heterocycles. The van der Waals surface area contributed by atoms with Crippen LogP contribution in [0.4, 0.5) is 0 Å². The van der Waals surface area contributed by atoms with Gasteiger partial charge in [0.2, 0.25) is 0 Å². The molecule has 1 heterocycles. The molecule has 0 radical (unpaired) electrons. The Morgan fingerprint density at radius 1 is 0.571 bits per heavy atom. The number of unbranched alkanes of at least 4 members (excludes halogenated alkanes) is 3. The normalized spacial score (nSPS) is 11.9. The lowest BCUT2D eigenvalue weighted by molar-refractivity contribution is 0.792. The second kappa shape index (κ2) is 10.5. The van der Waals surface area contributed by atoms with E-state index in [-0.39, 0.29) is 5.43 Å². The number of rotatable bonds is 9. The van der Waals surface area contributed by atoms with Crippen LogP contribution in [0.25, 0.3) is 41.7 Å². The molecule has 35 heavy (non-hydrogen) atoms. The summed E-state index contributed by atoms with van der Waals surface area (Å²) in [6.45, 7) is 6.73. The Kier molecular flexibility index (Phi) is 7.20. The molecular weight excluding hydrogens is 444 g/mol. The van der Waals surface area contributed by atoms with Crippen molar-refractivity contribution >= 4 is 53.1 Å². The van der Waals surface area contributed by atoms with Crippen LogP contribution in [0.5, 0.6) is 0 Å². The SMILES string of the molecule is CCCCc1ccc2sc3cc4cc5c(CCCC)ccc(CCCC)c5cc4cc3c(=O)c2c1. The van der Waals surface area contributed by atoms with Crippen molar-refractivity contribution in [3.63, 3.8) is 0 Å². The van der Waals surface area contributed by atoms with Gasteiger partial charge in [0.05, 0.1) is 0 Å². The molecular formula is C33H36OS. The Labute approximate surface area is 212 Å². The van der Waals surface area contributed by atoms with Crippen LogP contribution >= 0.6 is 11.3 Å². The molecule has 0 fully saturated rings. The zero-order valence-electron chi connectivity index (χ0n) is 21.4. The second-order valence-corrected chi connectivity index (χ2v) is 11.1. The fourth-order valence-corrected chi connectivity index (χ4v) is 6.40. The Balaban J connectivity index is 1.73. The number of aryl methyl sites for hydroxylation is 3. The minimum absolute atomic E-state index is 0.178. The van der Waals surface area contributed by atoms with Gasteiger partial charge in [0.1, 0.15) is 0 Å². The third kappa shape index (κ3) is 4.74. The minimum Gasteiger partial charge on any atom is -0.289 e. The Bertz CT molecular complexity index is 1570. The monoisotopic (exact) mass is 480 g/mol. The van der Waals surface area contributed by atoms with Gasteiger partial charge in [0, 0.05) is 20.2 Å². The van der Waals surface area contributed by atoms with E-state index in [9.17, 15) is 4.79 Å². The summed E-state index contributed by atoms with van der Waals surface area (Å²) in [5.74, 6) is 0. The van der Waals surface area contributed by atoms with Gasteiger partial charge in [-0.05, 0) is 113 Å². The molecule has 1 nitrogen and oxygen atoms in total. The highest BCUT2D eigenvalue weighted by Crippen LogP contribution is 2.34. The molecule has 2 heteroatoms. The summed E-state index contributed by atoms with van der Waals surface area (Å²) in [5.41, 5.74) is 4.34. The van der Waals surface area contributed by atoms with E-state index in [1.165, 1.54) is 70.3 Å². The summed E-state index contributed by atoms with van der Waals surface area (Å²) in [6, 6.07) is 20.4. The first-order valence-electron chi connectivity index (χ1n) is 13.5. The van der Waals surface area contributed by atoms with E-state index >= 15 is 0 Å². The molecule has 0 N–H and O–H groups in total. The maximum absolute atomic E-state index is 13.6. The van der Waals surface area contributed by atoms with Gasteiger partial charge < -0.3 is 0 Å². The van der Waals surface area contributed by atoms with E-state index in [0.29, 0.717) is 0 Å². The van der Waals surface area contributed by atoms with Crippen LogP contribution in [-0.4, -0.2) is 0 Å². The highest BCUT2D eigenvalue weighted by molar-refractivity contribution is 7.24. The van der Waals surface area contributed by atoms with Crippen molar-refractivity contribution in [2.24, 2.45) is 0 Å². The van der Waals surface area contributed by atoms with Crippen molar-refractivity contribution in [2.75, 3.05) is 0 Å². The third-order valence-corrected chi connectivity index (χ3v) is 8.56. The molecule has 4 aromatic carbocycles. The zero-order chi connectivity index (χ0) is 24.4. The maximum Gasteiger partial charge on any atom is 0.195 e. The number of fused-ring (bicyclic) bond motifs is 4. The first kappa shape index (κ1) is 24.0. The molecule has 0 aliphatic rings. The lowest BCUT2D eigenvalue weighted by Crippen LogP contribution is -2.02.